The molecule has 0 unspecified atom stereocenters. The SMILES string of the molecule is ClC1=NC=CN(c2ccccc2-c2ccccc2)C1. The van der Waals surface area contributed by atoms with Gasteiger partial charge in [0.05, 0.1) is 6.54 Å². The van der Waals surface area contributed by atoms with Crippen molar-refractivity contribution in [3.8, 4) is 11.1 Å². The van der Waals surface area contributed by atoms with Gasteiger partial charge in [-0.2, -0.15) is 0 Å². The summed E-state index contributed by atoms with van der Waals surface area (Å²) < 4.78 is 0. The summed E-state index contributed by atoms with van der Waals surface area (Å²) in [5.41, 5.74) is 3.53. The zero-order valence-corrected chi connectivity index (χ0v) is 11.1. The lowest BCUT2D eigenvalue weighted by molar-refractivity contribution is 1.10. The van der Waals surface area contributed by atoms with Crippen molar-refractivity contribution in [3.63, 3.8) is 0 Å². The smallest absolute Gasteiger partial charge is 0.125 e. The summed E-state index contributed by atoms with van der Waals surface area (Å²) in [7, 11) is 0. The van der Waals surface area contributed by atoms with Crippen molar-refractivity contribution in [1.82, 2.24) is 0 Å². The molecule has 0 N–H and O–H groups in total. The Kier molecular flexibility index (Phi) is 3.34. The van der Waals surface area contributed by atoms with E-state index in [0.29, 0.717) is 11.7 Å². The van der Waals surface area contributed by atoms with E-state index < -0.39 is 0 Å². The minimum atomic E-state index is 0.602. The number of nitrogens with zero attached hydrogens (tertiary/aromatic N) is 2. The number of para-hydroxylation sites is 1. The summed E-state index contributed by atoms with van der Waals surface area (Å²) in [6.45, 7) is 0.613. The van der Waals surface area contributed by atoms with Crippen LogP contribution in [0.4, 0.5) is 5.69 Å². The normalized spacial score (nSPS) is 14.4. The molecule has 0 amide bonds. The van der Waals surface area contributed by atoms with Gasteiger partial charge < -0.3 is 4.90 Å². The molecule has 2 nitrogen and oxygen atoms in total. The van der Waals surface area contributed by atoms with Crippen LogP contribution in [0.25, 0.3) is 11.1 Å². The quantitative estimate of drug-likeness (QED) is 0.794. The molecule has 0 aromatic heterocycles. The highest BCUT2D eigenvalue weighted by Crippen LogP contribution is 2.31. The number of halogens is 1. The first-order valence-electron chi connectivity index (χ1n) is 6.14. The zero-order chi connectivity index (χ0) is 13.1. The Morgan fingerprint density at radius 3 is 2.47 bits per heavy atom. The number of hydrogen-bond acceptors (Lipinski definition) is 2. The van der Waals surface area contributed by atoms with Crippen molar-refractivity contribution >= 4 is 22.5 Å². The van der Waals surface area contributed by atoms with Gasteiger partial charge >= 0.3 is 0 Å². The predicted molar refractivity (Wildman–Crippen MR) is 81.7 cm³/mol. The minimum absolute atomic E-state index is 0.602. The molecule has 0 saturated heterocycles. The molecule has 0 atom stereocenters. The standard InChI is InChI=1S/C16H13ClN2/c17-16-12-19(11-10-18-16)15-9-5-4-8-14(15)13-6-2-1-3-7-13/h1-11H,12H2. The topological polar surface area (TPSA) is 15.6 Å². The molecule has 0 saturated carbocycles. The van der Waals surface area contributed by atoms with E-state index in [4.69, 9.17) is 11.6 Å². The maximum Gasteiger partial charge on any atom is 0.125 e. The van der Waals surface area contributed by atoms with E-state index in [1.165, 1.54) is 11.1 Å². The molecule has 1 aliphatic heterocycles. The van der Waals surface area contributed by atoms with Gasteiger partial charge in [-0.05, 0) is 11.6 Å². The number of benzene rings is 2. The lowest BCUT2D eigenvalue weighted by atomic mass is 10.0. The van der Waals surface area contributed by atoms with Crippen LogP contribution in [0.3, 0.4) is 0 Å². The molecule has 0 spiro atoms. The van der Waals surface area contributed by atoms with Crippen molar-refractivity contribution in [3.05, 3.63) is 67.0 Å². The lowest BCUT2D eigenvalue weighted by Crippen LogP contribution is -2.24. The molecule has 1 aliphatic rings. The monoisotopic (exact) mass is 268 g/mol. The first-order chi connectivity index (χ1) is 9.34. The second-order valence-electron chi connectivity index (χ2n) is 4.31. The van der Waals surface area contributed by atoms with Crippen LogP contribution in [0.5, 0.6) is 0 Å². The van der Waals surface area contributed by atoms with Crippen LogP contribution in [0, 0.1) is 0 Å². The van der Waals surface area contributed by atoms with Crippen molar-refractivity contribution in [2.75, 3.05) is 11.4 Å². The average Bonchev–Trinajstić information content (AvgIpc) is 2.48. The fourth-order valence-corrected chi connectivity index (χ4v) is 2.37. The summed E-state index contributed by atoms with van der Waals surface area (Å²) in [6, 6.07) is 18.7. The van der Waals surface area contributed by atoms with E-state index in [1.807, 2.05) is 30.5 Å². The Morgan fingerprint density at radius 1 is 0.947 bits per heavy atom. The van der Waals surface area contributed by atoms with Crippen molar-refractivity contribution in [2.45, 2.75) is 0 Å². The minimum Gasteiger partial charge on any atom is -0.339 e. The van der Waals surface area contributed by atoms with E-state index in [9.17, 15) is 0 Å². The molecule has 0 aliphatic carbocycles. The van der Waals surface area contributed by atoms with Gasteiger partial charge in [-0.3, -0.25) is 0 Å². The second-order valence-corrected chi connectivity index (χ2v) is 4.75. The number of anilines is 1. The molecule has 1 heterocycles. The third-order valence-electron chi connectivity index (χ3n) is 3.06. The van der Waals surface area contributed by atoms with Crippen molar-refractivity contribution in [1.29, 1.82) is 0 Å². The van der Waals surface area contributed by atoms with Gasteiger partial charge in [-0.1, -0.05) is 60.1 Å². The van der Waals surface area contributed by atoms with Crippen LogP contribution < -0.4 is 4.90 Å². The highest BCUT2D eigenvalue weighted by Gasteiger charge is 2.13. The first kappa shape index (κ1) is 12.0. The number of aliphatic imine (C=N–C) groups is 1. The maximum absolute atomic E-state index is 6.02. The Morgan fingerprint density at radius 2 is 1.68 bits per heavy atom. The Bertz CT molecular complexity index is 632. The molecule has 94 valence electrons. The molecule has 19 heavy (non-hydrogen) atoms. The fourth-order valence-electron chi connectivity index (χ4n) is 2.18. The summed E-state index contributed by atoms with van der Waals surface area (Å²) in [6.07, 6.45) is 3.68. The van der Waals surface area contributed by atoms with Crippen molar-refractivity contribution < 1.29 is 0 Å². The van der Waals surface area contributed by atoms with E-state index in [-0.39, 0.29) is 0 Å². The van der Waals surface area contributed by atoms with Gasteiger partial charge in [0.25, 0.3) is 0 Å². The second kappa shape index (κ2) is 5.29. The van der Waals surface area contributed by atoms with Gasteiger partial charge in [-0.15, -0.1) is 0 Å². The van der Waals surface area contributed by atoms with Crippen molar-refractivity contribution in [2.24, 2.45) is 4.99 Å². The fraction of sp³-hybridized carbons (Fsp3) is 0.0625. The molecule has 2 aromatic rings. The van der Waals surface area contributed by atoms with Crippen LogP contribution in [0.15, 0.2) is 72.0 Å². The third-order valence-corrected chi connectivity index (χ3v) is 3.28. The van der Waals surface area contributed by atoms with Crippen LogP contribution in [0.2, 0.25) is 0 Å². The summed E-state index contributed by atoms with van der Waals surface area (Å²) in [4.78, 5) is 6.18. The summed E-state index contributed by atoms with van der Waals surface area (Å²) in [5.74, 6) is 0. The van der Waals surface area contributed by atoms with Gasteiger partial charge in [0.2, 0.25) is 0 Å². The van der Waals surface area contributed by atoms with Crippen LogP contribution in [-0.2, 0) is 0 Å². The molecule has 0 bridgehead atoms. The molecule has 2 aromatic carbocycles. The summed E-state index contributed by atoms with van der Waals surface area (Å²) in [5, 5.41) is 0.602. The molecular weight excluding hydrogens is 256 g/mol. The highest BCUT2D eigenvalue weighted by atomic mass is 35.5. The number of rotatable bonds is 2. The van der Waals surface area contributed by atoms with E-state index >= 15 is 0 Å². The zero-order valence-electron chi connectivity index (χ0n) is 10.3. The van der Waals surface area contributed by atoms with Gasteiger partial charge in [-0.25, -0.2) is 4.99 Å². The predicted octanol–water partition coefficient (Wildman–Crippen LogP) is 4.28. The highest BCUT2D eigenvalue weighted by molar-refractivity contribution is 6.66. The molecule has 0 radical (unpaired) electrons. The van der Waals surface area contributed by atoms with Gasteiger partial charge in [0, 0.05) is 23.7 Å². The van der Waals surface area contributed by atoms with E-state index in [1.54, 1.807) is 6.20 Å². The maximum atomic E-state index is 6.02. The van der Waals surface area contributed by atoms with E-state index in [2.05, 4.69) is 40.2 Å². The van der Waals surface area contributed by atoms with Crippen LogP contribution in [-0.4, -0.2) is 11.7 Å². The molecule has 3 rings (SSSR count). The molecular formula is C16H13ClN2. The first-order valence-corrected chi connectivity index (χ1v) is 6.52. The van der Waals surface area contributed by atoms with Gasteiger partial charge in [0.15, 0.2) is 0 Å². The molecule has 0 fully saturated rings. The van der Waals surface area contributed by atoms with Crippen LogP contribution in [0.1, 0.15) is 0 Å². The lowest BCUT2D eigenvalue weighted by Gasteiger charge is -2.24. The largest absolute Gasteiger partial charge is 0.339 e. The number of hydrogen-bond donors (Lipinski definition) is 0. The summed E-state index contributed by atoms with van der Waals surface area (Å²) >= 11 is 6.02. The Hall–Kier alpha value is -2.06. The van der Waals surface area contributed by atoms with Crippen LogP contribution >= 0.6 is 11.6 Å². The van der Waals surface area contributed by atoms with Gasteiger partial charge in [0.1, 0.15) is 5.17 Å². The third kappa shape index (κ3) is 2.54. The Balaban J connectivity index is 2.04. The average molecular weight is 269 g/mol. The molecule has 3 heteroatoms. The Labute approximate surface area is 117 Å². The van der Waals surface area contributed by atoms with E-state index in [0.717, 1.165) is 5.69 Å².